The van der Waals surface area contributed by atoms with Gasteiger partial charge in [0, 0.05) is 10.3 Å². The van der Waals surface area contributed by atoms with Gasteiger partial charge in [-0.2, -0.15) is 0 Å². The Morgan fingerprint density at radius 2 is 1.69 bits per heavy atom. The number of carbonyl (C=O) groups is 1. The monoisotopic (exact) mass is 477 g/mol. The third-order valence-electron chi connectivity index (χ3n) is 6.37. The SMILES string of the molecule is CC1([C@@H]2CCC(I)C(O)O2)CC1.CC1([C@@H]2CCC(N=[N+]=[N-])C(=O)O2)CC1. The van der Waals surface area contributed by atoms with Crippen molar-refractivity contribution >= 4 is 28.6 Å². The van der Waals surface area contributed by atoms with E-state index in [9.17, 15) is 9.90 Å². The summed E-state index contributed by atoms with van der Waals surface area (Å²) in [5.41, 5.74) is 8.83. The molecule has 0 bridgehead atoms. The first-order valence-electron chi connectivity index (χ1n) is 9.50. The molecule has 2 saturated carbocycles. The van der Waals surface area contributed by atoms with E-state index in [1.54, 1.807) is 0 Å². The standard InChI is InChI=1S/C9H15IO2.C9H13N3O2/c1-9(4-5-9)7-3-2-6(10)8(11)12-7;1-9(4-5-9)7-3-2-6(11-12-10)8(13)14-7/h6-8,11H,2-5H2,1H3;6-7H,2-5H2,1H3/t6?,7-,8?;6?,7-/m00/s1. The van der Waals surface area contributed by atoms with Crippen LogP contribution in [0.1, 0.15) is 65.2 Å². The van der Waals surface area contributed by atoms with Gasteiger partial charge in [-0.25, -0.2) is 0 Å². The fraction of sp³-hybridized carbons (Fsp3) is 0.944. The van der Waals surface area contributed by atoms with E-state index >= 15 is 0 Å². The van der Waals surface area contributed by atoms with Crippen molar-refractivity contribution in [3.05, 3.63) is 10.4 Å². The molecule has 0 aromatic heterocycles. The molecule has 0 spiro atoms. The average Bonchev–Trinajstić information content (AvgIpc) is 3.53. The number of azide groups is 1. The number of alkyl halides is 1. The fourth-order valence-corrected chi connectivity index (χ4v) is 4.22. The molecule has 5 atom stereocenters. The highest BCUT2D eigenvalue weighted by molar-refractivity contribution is 14.1. The van der Waals surface area contributed by atoms with Crippen LogP contribution in [0.15, 0.2) is 5.11 Å². The number of hydrogen-bond donors (Lipinski definition) is 1. The minimum Gasteiger partial charge on any atom is -0.461 e. The predicted molar refractivity (Wildman–Crippen MR) is 105 cm³/mol. The third-order valence-corrected chi connectivity index (χ3v) is 7.61. The quantitative estimate of drug-likeness (QED) is 0.164. The normalized spacial score (nSPS) is 39.5. The third kappa shape index (κ3) is 4.64. The number of esters is 1. The number of cyclic esters (lactones) is 1. The number of aliphatic hydroxyl groups is 1. The Kier molecular flexibility index (Phi) is 6.06. The number of rotatable bonds is 3. The van der Waals surface area contributed by atoms with Crippen LogP contribution in [0, 0.1) is 10.8 Å². The molecule has 146 valence electrons. The van der Waals surface area contributed by atoms with E-state index in [4.69, 9.17) is 15.0 Å². The van der Waals surface area contributed by atoms with Crippen molar-refractivity contribution in [2.24, 2.45) is 15.9 Å². The molecule has 0 aromatic rings. The van der Waals surface area contributed by atoms with Gasteiger partial charge in [0.1, 0.15) is 12.1 Å². The zero-order valence-electron chi connectivity index (χ0n) is 15.4. The second kappa shape index (κ2) is 7.81. The number of hydrogen-bond acceptors (Lipinski definition) is 5. The molecule has 0 aromatic carbocycles. The topological polar surface area (TPSA) is 105 Å². The Morgan fingerprint density at radius 3 is 2.19 bits per heavy atom. The summed E-state index contributed by atoms with van der Waals surface area (Å²) in [5.74, 6) is -0.354. The molecule has 0 radical (unpaired) electrons. The molecular formula is C18H28IN3O4. The second-order valence-corrected chi connectivity index (χ2v) is 10.2. The maximum absolute atomic E-state index is 11.4. The Labute approximate surface area is 168 Å². The highest BCUT2D eigenvalue weighted by Crippen LogP contribution is 2.52. The van der Waals surface area contributed by atoms with Crippen LogP contribution in [0.25, 0.3) is 10.4 Å². The first kappa shape index (κ1) is 20.2. The van der Waals surface area contributed by atoms with E-state index in [-0.39, 0.29) is 17.5 Å². The van der Waals surface area contributed by atoms with Crippen molar-refractivity contribution in [3.8, 4) is 0 Å². The molecule has 1 N–H and O–H groups in total. The molecule has 2 aliphatic carbocycles. The molecule has 4 aliphatic rings. The Bertz CT molecular complexity index is 587. The molecule has 4 rings (SSSR count). The van der Waals surface area contributed by atoms with Gasteiger partial charge in [-0.1, -0.05) is 41.6 Å². The summed E-state index contributed by atoms with van der Waals surface area (Å²) in [4.78, 5) is 14.0. The number of nitrogens with zero attached hydrogens (tertiary/aromatic N) is 3. The van der Waals surface area contributed by atoms with Crippen LogP contribution in [-0.4, -0.2) is 39.5 Å². The lowest BCUT2D eigenvalue weighted by Crippen LogP contribution is -2.39. The van der Waals surface area contributed by atoms with Crippen molar-refractivity contribution < 1.29 is 19.4 Å². The summed E-state index contributed by atoms with van der Waals surface area (Å²) in [6.07, 6.45) is 8.33. The van der Waals surface area contributed by atoms with Crippen LogP contribution in [-0.2, 0) is 14.3 Å². The Morgan fingerprint density at radius 1 is 1.12 bits per heavy atom. The van der Waals surface area contributed by atoms with Gasteiger partial charge in [0.15, 0.2) is 6.29 Å². The zero-order chi connectivity index (χ0) is 18.9. The summed E-state index contributed by atoms with van der Waals surface area (Å²) >= 11 is 2.27. The molecule has 4 fully saturated rings. The van der Waals surface area contributed by atoms with Crippen molar-refractivity contribution in [2.75, 3.05) is 0 Å². The maximum Gasteiger partial charge on any atom is 0.315 e. The average molecular weight is 477 g/mol. The molecule has 0 amide bonds. The fourth-order valence-electron chi connectivity index (χ4n) is 3.69. The molecule has 2 aliphatic heterocycles. The minimum absolute atomic E-state index is 0.0418. The summed E-state index contributed by atoms with van der Waals surface area (Å²) in [6, 6.07) is -0.599. The van der Waals surface area contributed by atoms with Crippen molar-refractivity contribution in [3.63, 3.8) is 0 Å². The highest BCUT2D eigenvalue weighted by Gasteiger charge is 2.49. The maximum atomic E-state index is 11.4. The molecule has 2 heterocycles. The summed E-state index contributed by atoms with van der Waals surface area (Å²) in [7, 11) is 0. The van der Waals surface area contributed by atoms with Crippen LogP contribution in [0.2, 0.25) is 0 Å². The smallest absolute Gasteiger partial charge is 0.315 e. The van der Waals surface area contributed by atoms with Gasteiger partial charge in [0.2, 0.25) is 0 Å². The lowest BCUT2D eigenvalue weighted by atomic mass is 9.93. The van der Waals surface area contributed by atoms with Crippen LogP contribution < -0.4 is 0 Å². The van der Waals surface area contributed by atoms with Gasteiger partial charge in [-0.15, -0.1) is 0 Å². The van der Waals surface area contributed by atoms with E-state index in [0.717, 1.165) is 32.1 Å². The van der Waals surface area contributed by atoms with Crippen molar-refractivity contribution in [2.45, 2.75) is 93.7 Å². The van der Waals surface area contributed by atoms with E-state index < -0.39 is 12.3 Å². The van der Waals surface area contributed by atoms with Gasteiger partial charge in [0.05, 0.1) is 10.0 Å². The first-order valence-corrected chi connectivity index (χ1v) is 10.7. The number of carbonyl (C=O) groups excluding carboxylic acids is 1. The van der Waals surface area contributed by atoms with E-state index in [1.807, 2.05) is 0 Å². The van der Waals surface area contributed by atoms with Gasteiger partial charge < -0.3 is 14.6 Å². The molecule has 8 heteroatoms. The lowest BCUT2D eigenvalue weighted by molar-refractivity contribution is -0.173. The molecule has 26 heavy (non-hydrogen) atoms. The summed E-state index contributed by atoms with van der Waals surface area (Å²) < 4.78 is 11.1. The van der Waals surface area contributed by atoms with Crippen LogP contribution in [0.5, 0.6) is 0 Å². The molecule has 7 nitrogen and oxygen atoms in total. The predicted octanol–water partition coefficient (Wildman–Crippen LogP) is 4.26. The molecular weight excluding hydrogens is 449 g/mol. The number of halogens is 1. The highest BCUT2D eigenvalue weighted by atomic mass is 127. The zero-order valence-corrected chi connectivity index (χ0v) is 17.6. The van der Waals surface area contributed by atoms with Crippen molar-refractivity contribution in [1.82, 2.24) is 0 Å². The van der Waals surface area contributed by atoms with E-state index in [2.05, 4.69) is 46.5 Å². The van der Waals surface area contributed by atoms with Gasteiger partial charge in [-0.05, 0) is 62.3 Å². The van der Waals surface area contributed by atoms with E-state index in [0.29, 0.717) is 21.9 Å². The second-order valence-electron chi connectivity index (χ2n) is 8.64. The lowest BCUT2D eigenvalue weighted by Gasteiger charge is -2.34. The summed E-state index contributed by atoms with van der Waals surface area (Å²) in [5, 5.41) is 12.9. The minimum atomic E-state index is -0.599. The molecule has 3 unspecified atom stereocenters. The Balaban J connectivity index is 0.000000152. The van der Waals surface area contributed by atoms with Gasteiger partial charge in [-0.3, -0.25) is 4.79 Å². The van der Waals surface area contributed by atoms with Crippen LogP contribution in [0.4, 0.5) is 0 Å². The largest absolute Gasteiger partial charge is 0.461 e. The van der Waals surface area contributed by atoms with Crippen LogP contribution in [0.3, 0.4) is 0 Å². The first-order chi connectivity index (χ1) is 12.3. The molecule has 2 saturated heterocycles. The van der Waals surface area contributed by atoms with E-state index in [1.165, 1.54) is 12.8 Å². The number of ether oxygens (including phenoxy) is 2. The Hall–Kier alpha value is -0.570. The number of aliphatic hydroxyl groups excluding tert-OH is 1. The van der Waals surface area contributed by atoms with Crippen molar-refractivity contribution in [1.29, 1.82) is 0 Å². The van der Waals surface area contributed by atoms with Crippen LogP contribution >= 0.6 is 22.6 Å². The van der Waals surface area contributed by atoms with Gasteiger partial charge >= 0.3 is 5.97 Å². The van der Waals surface area contributed by atoms with Gasteiger partial charge in [0.25, 0.3) is 0 Å². The summed E-state index contributed by atoms with van der Waals surface area (Å²) in [6.45, 7) is 4.40.